The van der Waals surface area contributed by atoms with Gasteiger partial charge in [-0.2, -0.15) is 0 Å². The van der Waals surface area contributed by atoms with Gasteiger partial charge in [0.05, 0.1) is 1.37 Å². The molecule has 2 heteroatoms. The topological polar surface area (TPSA) is 36.0 Å². The van der Waals surface area contributed by atoms with E-state index in [4.69, 9.17) is 6.48 Å². The van der Waals surface area contributed by atoms with Crippen LogP contribution in [-0.2, 0) is 0 Å². The molecular weight excluding hydrogens is 78.0 g/mol. The lowest BCUT2D eigenvalue weighted by Gasteiger charge is -1.71. The van der Waals surface area contributed by atoms with Crippen LogP contribution in [0.4, 0.5) is 0 Å². The number of aromatic hydroxyl groups is 1. The van der Waals surface area contributed by atoms with Gasteiger partial charge >= 0.3 is 0 Å². The van der Waals surface area contributed by atoms with Crippen LogP contribution in [0.5, 0.6) is 5.88 Å². The lowest BCUT2D eigenvalue weighted by atomic mass is 10.7. The fraction of sp³-hybridized carbons (Fsp3) is 0. The van der Waals surface area contributed by atoms with Gasteiger partial charge in [-0.3, -0.25) is 0 Å². The summed E-state index contributed by atoms with van der Waals surface area (Å²) in [5.41, 5.74) is 0. The Morgan fingerprint density at radius 3 is 3.00 bits per heavy atom. The summed E-state index contributed by atoms with van der Waals surface area (Å²) in [6.45, 7) is 0. The molecule has 0 aliphatic carbocycles. The molecule has 6 heavy (non-hydrogen) atoms. The second kappa shape index (κ2) is 1.05. The maximum Gasteiger partial charge on any atom is 0.188 e. The van der Waals surface area contributed by atoms with Crippen molar-refractivity contribution in [2.24, 2.45) is 0 Å². The van der Waals surface area contributed by atoms with E-state index in [1.807, 2.05) is 0 Å². The van der Waals surface area contributed by atoms with E-state index in [0.717, 1.165) is 0 Å². The standard InChI is InChI=1S/C4H5NO/c6-4-2-1-3-5-4/h1-3,5-6H/i2D. The summed E-state index contributed by atoms with van der Waals surface area (Å²) < 4.78 is 6.82. The molecule has 1 aromatic heterocycles. The highest BCUT2D eigenvalue weighted by atomic mass is 16.3. The van der Waals surface area contributed by atoms with E-state index in [2.05, 4.69) is 4.98 Å². The summed E-state index contributed by atoms with van der Waals surface area (Å²) in [7, 11) is 0. The van der Waals surface area contributed by atoms with Gasteiger partial charge in [0.15, 0.2) is 5.88 Å². The van der Waals surface area contributed by atoms with E-state index >= 15 is 0 Å². The summed E-state index contributed by atoms with van der Waals surface area (Å²) in [5, 5.41) is 8.52. The first-order valence-electron chi connectivity index (χ1n) is 2.13. The first-order chi connectivity index (χ1) is 3.30. The average molecular weight is 84.1 g/mol. The van der Waals surface area contributed by atoms with Crippen LogP contribution in [0.3, 0.4) is 0 Å². The predicted octanol–water partition coefficient (Wildman–Crippen LogP) is 0.720. The van der Waals surface area contributed by atoms with Crippen LogP contribution >= 0.6 is 0 Å². The fourth-order valence-corrected chi connectivity index (χ4v) is 0.283. The molecule has 1 aromatic rings. The normalized spacial score (nSPS) is 11.0. The van der Waals surface area contributed by atoms with Gasteiger partial charge in [0, 0.05) is 6.20 Å². The summed E-state index contributed by atoms with van der Waals surface area (Å²) in [6.07, 6.45) is 1.51. The number of aromatic nitrogens is 1. The first kappa shape index (κ1) is 2.29. The van der Waals surface area contributed by atoms with Crippen LogP contribution in [-0.4, -0.2) is 10.1 Å². The molecule has 0 spiro atoms. The monoisotopic (exact) mass is 84.0 g/mol. The zero-order valence-electron chi connectivity index (χ0n) is 4.10. The molecule has 0 bridgehead atoms. The number of H-pyrrole nitrogens is 1. The van der Waals surface area contributed by atoms with Gasteiger partial charge in [-0.05, 0) is 12.1 Å². The fourth-order valence-electron chi connectivity index (χ4n) is 0.283. The molecule has 0 aromatic carbocycles. The molecule has 0 atom stereocenters. The third-order valence-electron chi connectivity index (χ3n) is 0.523. The average Bonchev–Trinajstić information content (AvgIpc) is 1.91. The summed E-state index contributed by atoms with van der Waals surface area (Å²) >= 11 is 0. The number of hydrogen-bond donors (Lipinski definition) is 2. The summed E-state index contributed by atoms with van der Waals surface area (Å²) in [6, 6.07) is 1.62. The molecule has 0 unspecified atom stereocenters. The molecule has 0 fully saturated rings. The zero-order chi connectivity index (χ0) is 5.28. The van der Waals surface area contributed by atoms with Gasteiger partial charge in [-0.15, -0.1) is 0 Å². The Kier molecular flexibility index (Phi) is 0.399. The molecule has 1 rings (SSSR count). The Balaban J connectivity index is 3.12. The van der Waals surface area contributed by atoms with Crippen molar-refractivity contribution >= 4 is 0 Å². The van der Waals surface area contributed by atoms with Crippen molar-refractivity contribution in [2.45, 2.75) is 0 Å². The van der Waals surface area contributed by atoms with E-state index in [9.17, 15) is 0 Å². The van der Waals surface area contributed by atoms with Crippen molar-refractivity contribution in [2.75, 3.05) is 0 Å². The lowest BCUT2D eigenvalue weighted by Crippen LogP contribution is -1.51. The highest BCUT2D eigenvalue weighted by molar-refractivity contribution is 5.06. The summed E-state index contributed by atoms with van der Waals surface area (Å²) in [4.78, 5) is 2.44. The van der Waals surface area contributed by atoms with Gasteiger partial charge in [-0.25, -0.2) is 0 Å². The summed E-state index contributed by atoms with van der Waals surface area (Å²) in [5.74, 6) is -0.0694. The molecule has 0 aliphatic rings. The van der Waals surface area contributed by atoms with Crippen molar-refractivity contribution in [3.05, 3.63) is 18.3 Å². The largest absolute Gasteiger partial charge is 0.495 e. The molecule has 0 radical (unpaired) electrons. The van der Waals surface area contributed by atoms with Crippen LogP contribution in [0, 0.1) is 0 Å². The second-order valence-corrected chi connectivity index (χ2v) is 0.971. The molecule has 0 aliphatic heterocycles. The van der Waals surface area contributed by atoms with Crippen molar-refractivity contribution in [3.63, 3.8) is 0 Å². The minimum Gasteiger partial charge on any atom is -0.495 e. The van der Waals surface area contributed by atoms with Crippen LogP contribution < -0.4 is 0 Å². The van der Waals surface area contributed by atoms with Crippen molar-refractivity contribution in [1.82, 2.24) is 4.98 Å². The molecule has 0 amide bonds. The van der Waals surface area contributed by atoms with Gasteiger partial charge in [-0.1, -0.05) is 0 Å². The predicted molar refractivity (Wildman–Crippen MR) is 22.5 cm³/mol. The zero-order valence-corrected chi connectivity index (χ0v) is 3.10. The third-order valence-corrected chi connectivity index (χ3v) is 0.523. The minimum atomic E-state index is -0.0694. The number of hydrogen-bond acceptors (Lipinski definition) is 1. The van der Waals surface area contributed by atoms with E-state index in [-0.39, 0.29) is 11.9 Å². The highest BCUT2D eigenvalue weighted by Crippen LogP contribution is 1.97. The lowest BCUT2D eigenvalue weighted by molar-refractivity contribution is 0.457. The molecule has 2 N–H and O–H groups in total. The highest BCUT2D eigenvalue weighted by Gasteiger charge is 1.75. The molecule has 0 saturated carbocycles. The van der Waals surface area contributed by atoms with Gasteiger partial charge in [0.25, 0.3) is 0 Å². The second-order valence-electron chi connectivity index (χ2n) is 0.971. The van der Waals surface area contributed by atoms with Crippen LogP contribution in [0.1, 0.15) is 1.37 Å². The van der Waals surface area contributed by atoms with E-state index < -0.39 is 0 Å². The Morgan fingerprint density at radius 1 is 2.00 bits per heavy atom. The maximum absolute atomic E-state index is 8.52. The molecule has 1 heterocycles. The van der Waals surface area contributed by atoms with Crippen LogP contribution in [0.15, 0.2) is 18.3 Å². The SMILES string of the molecule is [2H]c1cc[nH]c1O. The molecular formula is C4H5NO. The van der Waals surface area contributed by atoms with Crippen LogP contribution in [0.2, 0.25) is 0 Å². The van der Waals surface area contributed by atoms with Crippen LogP contribution in [0.25, 0.3) is 0 Å². The van der Waals surface area contributed by atoms with Crippen molar-refractivity contribution in [3.8, 4) is 5.88 Å². The van der Waals surface area contributed by atoms with E-state index in [0.29, 0.717) is 0 Å². The minimum absolute atomic E-state index is 0.0694. The van der Waals surface area contributed by atoms with Gasteiger partial charge in [0.1, 0.15) is 0 Å². The Bertz CT molecular complexity index is 144. The molecule has 32 valence electrons. The third kappa shape index (κ3) is 0.360. The van der Waals surface area contributed by atoms with E-state index in [1.165, 1.54) is 12.3 Å². The quantitative estimate of drug-likeness (QED) is 0.477. The van der Waals surface area contributed by atoms with Crippen molar-refractivity contribution in [1.29, 1.82) is 0 Å². The molecule has 2 nitrogen and oxygen atoms in total. The van der Waals surface area contributed by atoms with Crippen molar-refractivity contribution < 1.29 is 6.48 Å². The first-order valence-corrected chi connectivity index (χ1v) is 1.63. The van der Waals surface area contributed by atoms with E-state index in [1.54, 1.807) is 0 Å². The number of aromatic amines is 1. The van der Waals surface area contributed by atoms with Gasteiger partial charge in [0.2, 0.25) is 0 Å². The number of nitrogens with one attached hydrogen (secondary N) is 1. The smallest absolute Gasteiger partial charge is 0.188 e. The van der Waals surface area contributed by atoms with Gasteiger partial charge < -0.3 is 10.1 Å². The maximum atomic E-state index is 8.52. The Labute approximate surface area is 36.8 Å². The Morgan fingerprint density at radius 2 is 2.83 bits per heavy atom. The Hall–Kier alpha value is -0.920. The number of rotatable bonds is 0. The molecule has 0 saturated heterocycles.